The third-order valence-corrected chi connectivity index (χ3v) is 2.51. The van der Waals surface area contributed by atoms with Crippen molar-refractivity contribution in [2.45, 2.75) is 4.90 Å². The molecular formula is C7H8O3PS-. The molecule has 0 saturated carbocycles. The quantitative estimate of drug-likeness (QED) is 0.517. The van der Waals surface area contributed by atoms with Gasteiger partial charge < -0.3 is 9.29 Å². The molecule has 2 unspecified atom stereocenters. The third-order valence-electron chi connectivity index (χ3n) is 1.40. The lowest BCUT2D eigenvalue weighted by atomic mass is 10.3. The Morgan fingerprint density at radius 2 is 2.25 bits per heavy atom. The average molecular weight is 203 g/mol. The van der Waals surface area contributed by atoms with Gasteiger partial charge in [0.15, 0.2) is 0 Å². The van der Waals surface area contributed by atoms with Crippen molar-refractivity contribution in [2.24, 2.45) is 0 Å². The summed E-state index contributed by atoms with van der Waals surface area (Å²) in [6, 6.07) is 4.67. The second kappa shape index (κ2) is 3.99. The van der Waals surface area contributed by atoms with E-state index >= 15 is 0 Å². The summed E-state index contributed by atoms with van der Waals surface area (Å²) in [5, 5.41) is 0.840. The van der Waals surface area contributed by atoms with Gasteiger partial charge in [0, 0.05) is 10.2 Å². The molecule has 3 nitrogen and oxygen atoms in total. The zero-order valence-corrected chi connectivity index (χ0v) is 8.41. The van der Waals surface area contributed by atoms with Gasteiger partial charge >= 0.3 is 0 Å². The molecule has 0 heterocycles. The summed E-state index contributed by atoms with van der Waals surface area (Å²) in [7, 11) is 3.96. The minimum atomic E-state index is -2.19. The molecule has 0 bridgehead atoms. The number of benzene rings is 1. The predicted molar refractivity (Wildman–Crippen MR) is 49.5 cm³/mol. The fourth-order valence-corrected chi connectivity index (χ4v) is 1.47. The zero-order chi connectivity index (χ0) is 9.14. The van der Waals surface area contributed by atoms with Crippen LogP contribution in [-0.4, -0.2) is 15.9 Å². The highest BCUT2D eigenvalue weighted by molar-refractivity contribution is 7.79. The third kappa shape index (κ3) is 2.03. The van der Waals surface area contributed by atoms with E-state index in [1.165, 1.54) is 19.2 Å². The minimum Gasteiger partial charge on any atom is -0.768 e. The minimum absolute atomic E-state index is 0.234. The van der Waals surface area contributed by atoms with Crippen molar-refractivity contribution in [1.82, 2.24) is 0 Å². The second-order valence-electron chi connectivity index (χ2n) is 2.14. The lowest BCUT2D eigenvalue weighted by molar-refractivity contribution is 0.417. The molecule has 2 atom stereocenters. The summed E-state index contributed by atoms with van der Waals surface area (Å²) in [5.74, 6) is 0.557. The number of methoxy groups -OCH3 is 1. The molecule has 1 aromatic rings. The van der Waals surface area contributed by atoms with E-state index in [9.17, 15) is 8.76 Å². The maximum Gasteiger partial charge on any atom is 0.127 e. The molecule has 0 spiro atoms. The van der Waals surface area contributed by atoms with Crippen molar-refractivity contribution in [3.63, 3.8) is 0 Å². The van der Waals surface area contributed by atoms with Crippen LogP contribution in [0.1, 0.15) is 0 Å². The fraction of sp³-hybridized carbons (Fsp3) is 0.143. The molecule has 0 aliphatic carbocycles. The first-order valence-corrected chi connectivity index (χ1v) is 4.83. The van der Waals surface area contributed by atoms with Gasteiger partial charge in [0.25, 0.3) is 0 Å². The molecule has 12 heavy (non-hydrogen) atoms. The molecular weight excluding hydrogens is 195 g/mol. The number of hydrogen-bond acceptors (Lipinski definition) is 3. The summed E-state index contributed by atoms with van der Waals surface area (Å²) >= 11 is -2.19. The van der Waals surface area contributed by atoms with Gasteiger partial charge in [0.1, 0.15) is 5.75 Å². The van der Waals surface area contributed by atoms with Crippen LogP contribution in [0.25, 0.3) is 0 Å². The summed E-state index contributed by atoms with van der Waals surface area (Å²) in [6.07, 6.45) is 0. The Bertz CT molecular complexity index is 314. The topological polar surface area (TPSA) is 49.4 Å². The van der Waals surface area contributed by atoms with Crippen LogP contribution in [0.5, 0.6) is 5.75 Å². The van der Waals surface area contributed by atoms with Gasteiger partial charge in [-0.25, -0.2) is 0 Å². The molecule has 66 valence electrons. The van der Waals surface area contributed by atoms with E-state index in [-0.39, 0.29) is 4.90 Å². The summed E-state index contributed by atoms with van der Waals surface area (Å²) < 4.78 is 26.0. The summed E-state index contributed by atoms with van der Waals surface area (Å²) in [6.45, 7) is 0. The predicted octanol–water partition coefficient (Wildman–Crippen LogP) is 0.434. The van der Waals surface area contributed by atoms with Crippen LogP contribution in [0.2, 0.25) is 0 Å². The van der Waals surface area contributed by atoms with Crippen LogP contribution in [0.3, 0.4) is 0 Å². The van der Waals surface area contributed by atoms with Crippen molar-refractivity contribution in [3.8, 4) is 5.75 Å². The van der Waals surface area contributed by atoms with Gasteiger partial charge in [-0.15, -0.1) is 9.24 Å². The smallest absolute Gasteiger partial charge is 0.127 e. The molecule has 0 aliphatic heterocycles. The Kier molecular flexibility index (Phi) is 3.20. The Morgan fingerprint density at radius 3 is 2.75 bits per heavy atom. The van der Waals surface area contributed by atoms with Gasteiger partial charge in [-0.2, -0.15) is 0 Å². The molecule has 0 aliphatic rings. The monoisotopic (exact) mass is 203 g/mol. The molecule has 0 radical (unpaired) electrons. The number of rotatable bonds is 2. The second-order valence-corrected chi connectivity index (χ2v) is 3.70. The van der Waals surface area contributed by atoms with Crippen LogP contribution in [0.15, 0.2) is 23.1 Å². The largest absolute Gasteiger partial charge is 0.768 e. The maximum absolute atomic E-state index is 10.5. The molecule has 5 heteroatoms. The standard InChI is InChI=1S/C7H9O3PS/c1-10-6-4-5(12(8)9)2-3-7(6)11/h2-4H,11H2,1H3,(H,8,9)/p-1. The van der Waals surface area contributed by atoms with E-state index < -0.39 is 11.1 Å². The van der Waals surface area contributed by atoms with E-state index in [2.05, 4.69) is 9.24 Å². The van der Waals surface area contributed by atoms with E-state index in [0.717, 1.165) is 5.30 Å². The Hall–Kier alpha value is -0.440. The average Bonchev–Trinajstić information content (AvgIpc) is 2.05. The van der Waals surface area contributed by atoms with Gasteiger partial charge in [-0.05, 0) is 23.2 Å². The first-order valence-electron chi connectivity index (χ1n) is 3.18. The van der Waals surface area contributed by atoms with Crippen LogP contribution < -0.4 is 10.0 Å². The highest BCUT2D eigenvalue weighted by Crippen LogP contribution is 2.14. The van der Waals surface area contributed by atoms with Crippen LogP contribution in [0.4, 0.5) is 0 Å². The Balaban J connectivity index is 3.13. The Morgan fingerprint density at radius 1 is 1.58 bits per heavy atom. The zero-order valence-electron chi connectivity index (χ0n) is 6.44. The van der Waals surface area contributed by atoms with E-state index in [1.807, 2.05) is 0 Å². The van der Waals surface area contributed by atoms with Gasteiger partial charge in [-0.3, -0.25) is 4.21 Å². The molecule has 0 saturated heterocycles. The van der Waals surface area contributed by atoms with Crippen molar-refractivity contribution in [2.75, 3.05) is 7.11 Å². The van der Waals surface area contributed by atoms with Crippen molar-refractivity contribution in [1.29, 1.82) is 0 Å². The van der Waals surface area contributed by atoms with Crippen LogP contribution >= 0.6 is 9.24 Å². The molecule has 0 amide bonds. The van der Waals surface area contributed by atoms with E-state index in [1.54, 1.807) is 6.07 Å². The molecule has 1 rings (SSSR count). The first kappa shape index (κ1) is 9.65. The summed E-state index contributed by atoms with van der Waals surface area (Å²) in [5.41, 5.74) is 0. The van der Waals surface area contributed by atoms with Crippen molar-refractivity contribution < 1.29 is 13.5 Å². The highest BCUT2D eigenvalue weighted by Gasteiger charge is 1.99. The van der Waals surface area contributed by atoms with Gasteiger partial charge in [-0.1, -0.05) is 6.07 Å². The molecule has 0 aromatic heterocycles. The SMILES string of the molecule is COc1cc(S(=O)[O-])ccc1P. The summed E-state index contributed by atoms with van der Waals surface area (Å²) in [4.78, 5) is 0.234. The number of ether oxygens (including phenoxy) is 1. The Labute approximate surface area is 75.6 Å². The van der Waals surface area contributed by atoms with Crippen LogP contribution in [0, 0.1) is 0 Å². The molecule has 1 aromatic carbocycles. The van der Waals surface area contributed by atoms with Gasteiger partial charge in [0.05, 0.1) is 7.11 Å². The molecule has 0 fully saturated rings. The van der Waals surface area contributed by atoms with Crippen LogP contribution in [-0.2, 0) is 11.1 Å². The van der Waals surface area contributed by atoms with E-state index in [0.29, 0.717) is 5.75 Å². The number of hydrogen-bond donors (Lipinski definition) is 0. The van der Waals surface area contributed by atoms with Crippen molar-refractivity contribution in [3.05, 3.63) is 18.2 Å². The highest BCUT2D eigenvalue weighted by atomic mass is 32.2. The lowest BCUT2D eigenvalue weighted by Crippen LogP contribution is -2.00. The lowest BCUT2D eigenvalue weighted by Gasteiger charge is -2.08. The van der Waals surface area contributed by atoms with Crippen molar-refractivity contribution >= 4 is 25.6 Å². The normalized spacial score (nSPS) is 12.6. The maximum atomic E-state index is 10.5. The fourth-order valence-electron chi connectivity index (χ4n) is 0.795. The molecule has 0 N–H and O–H groups in total. The van der Waals surface area contributed by atoms with Gasteiger partial charge in [0.2, 0.25) is 0 Å². The first-order chi connectivity index (χ1) is 5.65. The van der Waals surface area contributed by atoms with E-state index in [4.69, 9.17) is 4.74 Å².